The molecule has 0 radical (unpaired) electrons. The number of rotatable bonds is 0. The van der Waals surface area contributed by atoms with Gasteiger partial charge in [0.1, 0.15) is 0 Å². The minimum Gasteiger partial charge on any atom is -0.504 e. The second-order valence-corrected chi connectivity index (χ2v) is 3.07. The van der Waals surface area contributed by atoms with Crippen molar-refractivity contribution in [3.63, 3.8) is 0 Å². The van der Waals surface area contributed by atoms with Gasteiger partial charge < -0.3 is 14.7 Å². The fourth-order valence-corrected chi connectivity index (χ4v) is 1.31. The minimum absolute atomic E-state index is 0.00375. The first-order valence-corrected chi connectivity index (χ1v) is 4.07. The van der Waals surface area contributed by atoms with E-state index in [1.165, 1.54) is 7.05 Å². The van der Waals surface area contributed by atoms with E-state index >= 15 is 0 Å². The van der Waals surface area contributed by atoms with E-state index in [9.17, 15) is 14.7 Å². The van der Waals surface area contributed by atoms with Gasteiger partial charge in [-0.25, -0.2) is 4.79 Å². The van der Waals surface area contributed by atoms with E-state index in [4.69, 9.17) is 5.11 Å². The molecule has 2 N–H and O–H groups in total. The lowest BCUT2D eigenvalue weighted by Crippen LogP contribution is -2.22. The van der Waals surface area contributed by atoms with Gasteiger partial charge in [0.05, 0.1) is 10.8 Å². The van der Waals surface area contributed by atoms with Crippen LogP contribution in [0.4, 0.5) is 0 Å². The number of phenolic OH excluding ortho intramolecular Hbond substituents is 2. The molecule has 2 aromatic rings. The van der Waals surface area contributed by atoms with Crippen molar-refractivity contribution in [2.75, 3.05) is 0 Å². The van der Waals surface area contributed by atoms with E-state index in [1.807, 2.05) is 0 Å². The molecule has 2 rings (SSSR count). The largest absolute Gasteiger partial charge is 0.504 e. The second kappa shape index (κ2) is 2.88. The van der Waals surface area contributed by atoms with Crippen LogP contribution in [-0.2, 0) is 7.05 Å². The van der Waals surface area contributed by atoms with E-state index in [-0.39, 0.29) is 10.8 Å². The molecule has 0 aliphatic heterocycles. The molecule has 15 heavy (non-hydrogen) atoms. The third-order valence-electron chi connectivity index (χ3n) is 2.07. The average molecular weight is 209 g/mol. The molecule has 0 spiro atoms. The normalized spacial score (nSPS) is 10.7. The topological polar surface area (TPSA) is 92.7 Å². The van der Waals surface area contributed by atoms with Crippen LogP contribution >= 0.6 is 0 Å². The van der Waals surface area contributed by atoms with Gasteiger partial charge in [-0.2, -0.15) is 4.74 Å². The number of hydrogen-bond acceptors (Lipinski definition) is 5. The average Bonchev–Trinajstić information content (AvgIpc) is 2.18. The van der Waals surface area contributed by atoms with Gasteiger partial charge in [-0.1, -0.05) is 0 Å². The molecule has 0 aliphatic rings. The molecule has 1 aromatic heterocycles. The molecular formula is C9H7NO5. The van der Waals surface area contributed by atoms with E-state index < -0.39 is 22.7 Å². The maximum atomic E-state index is 11.5. The molecule has 1 aromatic carbocycles. The molecule has 0 unspecified atom stereocenters. The molecule has 0 atom stereocenters. The molecule has 6 nitrogen and oxygen atoms in total. The Hall–Kier alpha value is -2.24. The van der Waals surface area contributed by atoms with Crippen molar-refractivity contribution in [3.05, 3.63) is 32.9 Å². The predicted molar refractivity (Wildman–Crippen MR) is 51.1 cm³/mol. The minimum atomic E-state index is -0.748. The van der Waals surface area contributed by atoms with Crippen molar-refractivity contribution in [1.82, 2.24) is 4.74 Å². The number of aryl methyl sites for hydroxylation is 1. The maximum absolute atomic E-state index is 11.5. The Morgan fingerprint density at radius 2 is 1.67 bits per heavy atom. The molecule has 0 aliphatic carbocycles. The van der Waals surface area contributed by atoms with E-state index in [0.29, 0.717) is 0 Å². The molecule has 0 amide bonds. The van der Waals surface area contributed by atoms with Gasteiger partial charge in [-0.3, -0.25) is 4.79 Å². The smallest absolute Gasteiger partial charge is 0.364 e. The summed E-state index contributed by atoms with van der Waals surface area (Å²) < 4.78 is 5.34. The van der Waals surface area contributed by atoms with Crippen LogP contribution in [0.2, 0.25) is 0 Å². The van der Waals surface area contributed by atoms with Crippen LogP contribution in [0.25, 0.3) is 10.8 Å². The van der Waals surface area contributed by atoms with Crippen LogP contribution in [0.3, 0.4) is 0 Å². The SMILES string of the molecule is Cn1oc(=O)c2cc(O)c(O)cc2c1=O. The zero-order valence-electron chi connectivity index (χ0n) is 7.72. The first-order valence-electron chi connectivity index (χ1n) is 4.07. The highest BCUT2D eigenvalue weighted by molar-refractivity contribution is 5.83. The lowest BCUT2D eigenvalue weighted by atomic mass is 10.2. The fourth-order valence-electron chi connectivity index (χ4n) is 1.31. The number of fused-ring (bicyclic) bond motifs is 1. The van der Waals surface area contributed by atoms with Gasteiger partial charge in [-0.15, -0.1) is 0 Å². The Kier molecular flexibility index (Phi) is 1.79. The fraction of sp³-hybridized carbons (Fsp3) is 0.111. The standard InChI is InChI=1S/C9H7NO5/c1-10-8(13)4-2-6(11)7(12)3-5(4)9(14)15-10/h2-3,11-12H,1H3. The predicted octanol–water partition coefficient (Wildman–Crippen LogP) is -0.0971. The van der Waals surface area contributed by atoms with Crippen LogP contribution in [-0.4, -0.2) is 15.0 Å². The van der Waals surface area contributed by atoms with Crippen molar-refractivity contribution in [2.45, 2.75) is 0 Å². The lowest BCUT2D eigenvalue weighted by molar-refractivity contribution is 0.261. The highest BCUT2D eigenvalue weighted by Crippen LogP contribution is 2.26. The molecule has 0 saturated carbocycles. The van der Waals surface area contributed by atoms with Gasteiger partial charge in [-0.05, 0) is 12.1 Å². The number of aromatic hydroxyl groups is 2. The molecule has 78 valence electrons. The van der Waals surface area contributed by atoms with Gasteiger partial charge in [0.25, 0.3) is 5.56 Å². The summed E-state index contributed by atoms with van der Waals surface area (Å²) in [5, 5.41) is 18.3. The summed E-state index contributed by atoms with van der Waals surface area (Å²) in [6.45, 7) is 0. The van der Waals surface area contributed by atoms with Gasteiger partial charge in [0, 0.05) is 7.05 Å². The van der Waals surface area contributed by atoms with Crippen LogP contribution in [0.1, 0.15) is 0 Å². The monoisotopic (exact) mass is 209 g/mol. The van der Waals surface area contributed by atoms with Gasteiger partial charge in [0.15, 0.2) is 11.5 Å². The molecule has 1 heterocycles. The zero-order valence-corrected chi connectivity index (χ0v) is 7.72. The Labute approximate surface area is 82.6 Å². The Bertz CT molecular complexity index is 652. The molecule has 0 fully saturated rings. The van der Waals surface area contributed by atoms with E-state index in [1.54, 1.807) is 0 Å². The highest BCUT2D eigenvalue weighted by atomic mass is 16.5. The summed E-state index contributed by atoms with van der Waals surface area (Å²) in [7, 11) is 1.28. The summed E-state index contributed by atoms with van der Waals surface area (Å²) in [5.74, 6) is -0.923. The number of benzene rings is 1. The first-order chi connectivity index (χ1) is 7.00. The van der Waals surface area contributed by atoms with Crippen molar-refractivity contribution in [3.8, 4) is 11.5 Å². The number of hydrogen-bond donors (Lipinski definition) is 2. The number of nitrogens with zero attached hydrogens (tertiary/aromatic N) is 1. The second-order valence-electron chi connectivity index (χ2n) is 3.07. The zero-order chi connectivity index (χ0) is 11.2. The van der Waals surface area contributed by atoms with Crippen LogP contribution in [0.5, 0.6) is 11.5 Å². The molecule has 6 heteroatoms. The number of phenols is 2. The molecule has 0 bridgehead atoms. The summed E-state index contributed by atoms with van der Waals surface area (Å²) in [6.07, 6.45) is 0. The Morgan fingerprint density at radius 3 is 2.27 bits per heavy atom. The Morgan fingerprint density at radius 1 is 1.13 bits per heavy atom. The third kappa shape index (κ3) is 1.26. The lowest BCUT2D eigenvalue weighted by Gasteiger charge is -2.01. The maximum Gasteiger partial charge on any atom is 0.364 e. The summed E-state index contributed by atoms with van der Waals surface area (Å²) in [6, 6.07) is 2.03. The number of aromatic nitrogens is 1. The van der Waals surface area contributed by atoms with Crippen molar-refractivity contribution in [2.24, 2.45) is 7.05 Å². The first kappa shape index (κ1) is 9.32. The van der Waals surface area contributed by atoms with E-state index in [2.05, 4.69) is 4.52 Å². The summed E-state index contributed by atoms with van der Waals surface area (Å²) in [4.78, 5) is 22.8. The summed E-state index contributed by atoms with van der Waals surface area (Å²) >= 11 is 0. The quantitative estimate of drug-likeness (QED) is 0.591. The van der Waals surface area contributed by atoms with E-state index in [0.717, 1.165) is 16.9 Å². The van der Waals surface area contributed by atoms with Crippen molar-refractivity contribution in [1.29, 1.82) is 0 Å². The van der Waals surface area contributed by atoms with Gasteiger partial charge in [0.2, 0.25) is 0 Å². The van der Waals surface area contributed by atoms with Crippen molar-refractivity contribution >= 4 is 10.8 Å². The third-order valence-corrected chi connectivity index (χ3v) is 2.07. The highest BCUT2D eigenvalue weighted by Gasteiger charge is 2.11. The van der Waals surface area contributed by atoms with Crippen LogP contribution in [0, 0.1) is 0 Å². The molecular weight excluding hydrogens is 202 g/mol. The van der Waals surface area contributed by atoms with Gasteiger partial charge >= 0.3 is 5.63 Å². The van der Waals surface area contributed by atoms with Crippen molar-refractivity contribution < 1.29 is 14.7 Å². The van der Waals surface area contributed by atoms with Crippen LogP contribution in [0.15, 0.2) is 26.2 Å². The Balaban J connectivity index is 3.11. The van der Waals surface area contributed by atoms with Crippen LogP contribution < -0.4 is 11.2 Å². The summed E-state index contributed by atoms with van der Waals surface area (Å²) in [5.41, 5.74) is -1.30. The molecule has 0 saturated heterocycles.